The van der Waals surface area contributed by atoms with Crippen LogP contribution in [0.15, 0.2) is 0 Å². The number of halogens is 4. The van der Waals surface area contributed by atoms with E-state index in [0.29, 0.717) is 12.8 Å². The molecule has 1 aliphatic heterocycles. The number of nitrogens with one attached hydrogen (secondary N) is 1. The van der Waals surface area contributed by atoms with Crippen molar-refractivity contribution in [1.29, 1.82) is 0 Å². The third-order valence-corrected chi connectivity index (χ3v) is 3.98. The van der Waals surface area contributed by atoms with Crippen LogP contribution in [-0.2, 0) is 9.59 Å². The van der Waals surface area contributed by atoms with E-state index < -0.39 is 17.5 Å². The fraction of sp³-hybridized carbons (Fsp3) is 0.833. The number of amides is 2. The first-order valence-corrected chi connectivity index (χ1v) is 6.84. The molecule has 20 heavy (non-hydrogen) atoms. The van der Waals surface area contributed by atoms with Gasteiger partial charge in [-0.05, 0) is 26.7 Å². The van der Waals surface area contributed by atoms with Gasteiger partial charge >= 0.3 is 12.1 Å². The van der Waals surface area contributed by atoms with Crippen LogP contribution in [0.2, 0.25) is 0 Å². The molecule has 0 radical (unpaired) electrons. The average molecular weight is 315 g/mol. The third-order valence-electron chi connectivity index (χ3n) is 3.31. The molecule has 0 unspecified atom stereocenters. The summed E-state index contributed by atoms with van der Waals surface area (Å²) < 4.78 is 36.8. The molecule has 1 N–H and O–H groups in total. The van der Waals surface area contributed by atoms with Crippen LogP contribution in [0.25, 0.3) is 0 Å². The van der Waals surface area contributed by atoms with Crippen molar-refractivity contribution >= 4 is 23.4 Å². The van der Waals surface area contributed by atoms with Crippen molar-refractivity contribution in [3.63, 3.8) is 0 Å². The van der Waals surface area contributed by atoms with Gasteiger partial charge in [0.2, 0.25) is 5.91 Å². The van der Waals surface area contributed by atoms with Gasteiger partial charge in [-0.2, -0.15) is 13.2 Å². The first-order valence-electron chi connectivity index (χ1n) is 6.31. The van der Waals surface area contributed by atoms with Gasteiger partial charge in [0.25, 0.3) is 0 Å². The second-order valence-corrected chi connectivity index (χ2v) is 5.82. The van der Waals surface area contributed by atoms with Gasteiger partial charge in [0.1, 0.15) is 0 Å². The molecule has 1 fully saturated rings. The Bertz CT molecular complexity index is 377. The Kier molecular flexibility index (Phi) is 5.29. The number of likely N-dealkylation sites (tertiary alicyclic amines) is 1. The molecule has 116 valence electrons. The van der Waals surface area contributed by atoms with Crippen LogP contribution >= 0.6 is 11.6 Å². The van der Waals surface area contributed by atoms with Crippen molar-refractivity contribution in [2.24, 2.45) is 5.41 Å². The molecule has 0 spiro atoms. The van der Waals surface area contributed by atoms with Crippen molar-refractivity contribution in [3.05, 3.63) is 0 Å². The fourth-order valence-corrected chi connectivity index (χ4v) is 1.97. The van der Waals surface area contributed by atoms with Gasteiger partial charge < -0.3 is 10.2 Å². The first-order chi connectivity index (χ1) is 9.08. The Hall–Kier alpha value is -0.980. The van der Waals surface area contributed by atoms with Crippen molar-refractivity contribution in [3.8, 4) is 0 Å². The van der Waals surface area contributed by atoms with Crippen LogP contribution in [0.5, 0.6) is 0 Å². The van der Waals surface area contributed by atoms with Crippen LogP contribution in [-0.4, -0.2) is 47.9 Å². The lowest BCUT2D eigenvalue weighted by molar-refractivity contribution is -0.186. The van der Waals surface area contributed by atoms with Crippen molar-refractivity contribution in [2.45, 2.75) is 38.9 Å². The van der Waals surface area contributed by atoms with Crippen LogP contribution in [0, 0.1) is 5.41 Å². The number of hydrogen-bond acceptors (Lipinski definition) is 2. The highest BCUT2D eigenvalue weighted by Gasteiger charge is 2.43. The summed E-state index contributed by atoms with van der Waals surface area (Å²) in [6.07, 6.45) is -4.21. The lowest BCUT2D eigenvalue weighted by Gasteiger charge is -2.34. The lowest BCUT2D eigenvalue weighted by Crippen LogP contribution is -2.52. The third kappa shape index (κ3) is 4.26. The van der Waals surface area contributed by atoms with E-state index in [0.717, 1.165) is 4.90 Å². The summed E-state index contributed by atoms with van der Waals surface area (Å²) in [5, 5.41) is 2.77. The minimum Gasteiger partial charge on any atom is -0.353 e. The molecule has 0 atom stereocenters. The van der Waals surface area contributed by atoms with Crippen LogP contribution in [0.3, 0.4) is 0 Å². The van der Waals surface area contributed by atoms with E-state index in [-0.39, 0.29) is 30.9 Å². The smallest absolute Gasteiger partial charge is 0.353 e. The predicted molar refractivity (Wildman–Crippen MR) is 68.3 cm³/mol. The summed E-state index contributed by atoms with van der Waals surface area (Å²) >= 11 is 5.68. The Morgan fingerprint density at radius 2 is 1.75 bits per heavy atom. The maximum atomic E-state index is 12.3. The quantitative estimate of drug-likeness (QED) is 0.809. The monoisotopic (exact) mass is 314 g/mol. The molecular weight excluding hydrogens is 297 g/mol. The summed E-state index contributed by atoms with van der Waals surface area (Å²) in [6.45, 7) is 3.37. The SMILES string of the molecule is CC(C)(CCl)C(=O)NC1CCN(C(=O)C(F)(F)F)CC1. The van der Waals surface area contributed by atoms with Gasteiger partial charge in [0, 0.05) is 25.0 Å². The zero-order chi connectivity index (χ0) is 15.6. The zero-order valence-electron chi connectivity index (χ0n) is 11.4. The van der Waals surface area contributed by atoms with Gasteiger partial charge in [-0.25, -0.2) is 0 Å². The van der Waals surface area contributed by atoms with Crippen LogP contribution in [0.4, 0.5) is 13.2 Å². The maximum absolute atomic E-state index is 12.3. The van der Waals surface area contributed by atoms with Crippen molar-refractivity contribution in [2.75, 3.05) is 19.0 Å². The Morgan fingerprint density at radius 3 is 2.15 bits per heavy atom. The molecule has 1 rings (SSSR count). The Morgan fingerprint density at radius 1 is 1.25 bits per heavy atom. The number of alkyl halides is 4. The first kappa shape index (κ1) is 17.1. The van der Waals surface area contributed by atoms with Crippen molar-refractivity contribution < 1.29 is 22.8 Å². The lowest BCUT2D eigenvalue weighted by atomic mass is 9.93. The zero-order valence-corrected chi connectivity index (χ0v) is 12.1. The predicted octanol–water partition coefficient (Wildman–Crippen LogP) is 1.92. The summed E-state index contributed by atoms with van der Waals surface area (Å²) in [4.78, 5) is 23.7. The molecule has 0 aromatic rings. The summed E-state index contributed by atoms with van der Waals surface area (Å²) in [6, 6.07) is -0.220. The van der Waals surface area contributed by atoms with Gasteiger partial charge in [-0.1, -0.05) is 0 Å². The van der Waals surface area contributed by atoms with E-state index in [1.165, 1.54) is 0 Å². The van der Waals surface area contributed by atoms with E-state index >= 15 is 0 Å². The van der Waals surface area contributed by atoms with E-state index in [1.54, 1.807) is 13.8 Å². The highest BCUT2D eigenvalue weighted by molar-refractivity contribution is 6.19. The molecule has 1 heterocycles. The molecule has 4 nitrogen and oxygen atoms in total. The summed E-state index contributed by atoms with van der Waals surface area (Å²) in [5.74, 6) is -1.89. The second-order valence-electron chi connectivity index (χ2n) is 5.56. The minimum atomic E-state index is -4.84. The summed E-state index contributed by atoms with van der Waals surface area (Å²) in [7, 11) is 0. The normalized spacial score (nSPS) is 18.0. The van der Waals surface area contributed by atoms with Crippen LogP contribution < -0.4 is 5.32 Å². The van der Waals surface area contributed by atoms with E-state index in [9.17, 15) is 22.8 Å². The molecule has 2 amide bonds. The largest absolute Gasteiger partial charge is 0.471 e. The second kappa shape index (κ2) is 6.20. The van der Waals surface area contributed by atoms with E-state index in [1.807, 2.05) is 0 Å². The standard InChI is InChI=1S/C12H18ClF3N2O2/c1-11(2,7-13)9(19)17-8-3-5-18(6-4-8)10(20)12(14,15)16/h8H,3-7H2,1-2H3,(H,17,19). The molecular formula is C12H18ClF3N2O2. The number of carbonyl (C=O) groups is 2. The molecule has 1 saturated heterocycles. The number of rotatable bonds is 3. The molecule has 8 heteroatoms. The van der Waals surface area contributed by atoms with Gasteiger partial charge in [0.05, 0.1) is 5.41 Å². The molecule has 0 saturated carbocycles. The molecule has 0 aromatic heterocycles. The number of hydrogen-bond donors (Lipinski definition) is 1. The minimum absolute atomic E-state index is 0.00933. The Labute approximate surface area is 120 Å². The van der Waals surface area contributed by atoms with Gasteiger partial charge in [-0.3, -0.25) is 9.59 Å². The number of nitrogens with zero attached hydrogens (tertiary/aromatic N) is 1. The van der Waals surface area contributed by atoms with Crippen molar-refractivity contribution in [1.82, 2.24) is 10.2 Å². The maximum Gasteiger partial charge on any atom is 0.471 e. The fourth-order valence-electron chi connectivity index (χ4n) is 1.85. The Balaban J connectivity index is 2.48. The highest BCUT2D eigenvalue weighted by atomic mass is 35.5. The highest BCUT2D eigenvalue weighted by Crippen LogP contribution is 2.23. The number of piperidine rings is 1. The number of carbonyl (C=O) groups excluding carboxylic acids is 2. The average Bonchev–Trinajstić information content (AvgIpc) is 2.37. The molecule has 0 aromatic carbocycles. The van der Waals surface area contributed by atoms with Gasteiger partial charge in [-0.15, -0.1) is 11.6 Å². The van der Waals surface area contributed by atoms with Gasteiger partial charge in [0.15, 0.2) is 0 Å². The topological polar surface area (TPSA) is 49.4 Å². The van der Waals surface area contributed by atoms with Crippen LogP contribution in [0.1, 0.15) is 26.7 Å². The van der Waals surface area contributed by atoms with E-state index in [2.05, 4.69) is 5.32 Å². The molecule has 1 aliphatic rings. The molecule has 0 aliphatic carbocycles. The summed E-state index contributed by atoms with van der Waals surface area (Å²) in [5.41, 5.74) is -0.722. The molecule has 0 bridgehead atoms. The van der Waals surface area contributed by atoms with E-state index in [4.69, 9.17) is 11.6 Å².